The molecule has 1 rings (SSSR count). The topological polar surface area (TPSA) is 108 Å². The van der Waals surface area contributed by atoms with Crippen molar-refractivity contribution in [3.05, 3.63) is 21.9 Å². The number of methoxy groups -OCH3 is 1. The molecule has 8 nitrogen and oxygen atoms in total. The number of nitrogens with one attached hydrogen (secondary N) is 1. The van der Waals surface area contributed by atoms with Crippen molar-refractivity contribution in [2.24, 2.45) is 5.73 Å². The predicted molar refractivity (Wildman–Crippen MR) is 64.4 cm³/mol. The molecule has 1 heterocycles. The van der Waals surface area contributed by atoms with Crippen LogP contribution in [0, 0.1) is 6.92 Å². The summed E-state index contributed by atoms with van der Waals surface area (Å²) in [5.74, 6) is -0.657. The van der Waals surface area contributed by atoms with E-state index in [2.05, 4.69) is 10.2 Å². The summed E-state index contributed by atoms with van der Waals surface area (Å²) < 4.78 is 6.34. The van der Waals surface area contributed by atoms with Gasteiger partial charge in [-0.1, -0.05) is 0 Å². The minimum atomic E-state index is -0.886. The van der Waals surface area contributed by atoms with Gasteiger partial charge in [0.1, 0.15) is 0 Å². The van der Waals surface area contributed by atoms with Crippen LogP contribution < -0.4 is 16.8 Å². The van der Waals surface area contributed by atoms with E-state index >= 15 is 0 Å². The second-order valence-corrected chi connectivity index (χ2v) is 3.74. The number of aromatic nitrogens is 2. The van der Waals surface area contributed by atoms with Gasteiger partial charge in [-0.05, 0) is 6.92 Å². The van der Waals surface area contributed by atoms with Crippen LogP contribution in [-0.4, -0.2) is 34.2 Å². The summed E-state index contributed by atoms with van der Waals surface area (Å²) in [6.07, 6.45) is -0.886. The number of imidazole rings is 1. The SMILES string of the molecule is COC(=O)Nn1c(C(N)=O)c(C)n(CCCl)c1=O. The lowest BCUT2D eigenvalue weighted by Gasteiger charge is -2.05. The van der Waals surface area contributed by atoms with Gasteiger partial charge in [0, 0.05) is 12.4 Å². The average Bonchev–Trinajstić information content (AvgIpc) is 2.54. The number of carbonyl (C=O) groups excluding carboxylic acids is 2. The molecule has 0 radical (unpaired) electrons. The number of halogens is 1. The van der Waals surface area contributed by atoms with Crippen LogP contribution in [0.25, 0.3) is 0 Å². The molecule has 9 heteroatoms. The van der Waals surface area contributed by atoms with E-state index in [4.69, 9.17) is 17.3 Å². The van der Waals surface area contributed by atoms with Crippen LogP contribution in [0.4, 0.5) is 4.79 Å². The van der Waals surface area contributed by atoms with E-state index in [0.29, 0.717) is 5.69 Å². The summed E-state index contributed by atoms with van der Waals surface area (Å²) in [7, 11) is 1.13. The molecule has 0 bridgehead atoms. The van der Waals surface area contributed by atoms with E-state index in [1.165, 1.54) is 11.5 Å². The Balaban J connectivity index is 3.38. The first-order chi connectivity index (χ1) is 8.43. The van der Waals surface area contributed by atoms with E-state index in [-0.39, 0.29) is 18.1 Å². The molecule has 0 fully saturated rings. The largest absolute Gasteiger partial charge is 0.452 e. The zero-order chi connectivity index (χ0) is 13.9. The van der Waals surface area contributed by atoms with Crippen molar-refractivity contribution in [1.82, 2.24) is 9.24 Å². The summed E-state index contributed by atoms with van der Waals surface area (Å²) in [5, 5.41) is 0. The van der Waals surface area contributed by atoms with Gasteiger partial charge in [-0.25, -0.2) is 15.0 Å². The maximum absolute atomic E-state index is 11.9. The number of amides is 2. The molecule has 0 aliphatic heterocycles. The quantitative estimate of drug-likeness (QED) is 0.730. The smallest absolute Gasteiger partial charge is 0.426 e. The molecule has 3 N–H and O–H groups in total. The van der Waals surface area contributed by atoms with Crippen molar-refractivity contribution in [3.63, 3.8) is 0 Å². The van der Waals surface area contributed by atoms with Gasteiger partial charge in [-0.15, -0.1) is 11.6 Å². The standard InChI is InChI=1S/C9H13ClN4O4/c1-5-6(7(11)15)14(12-8(16)18-2)9(17)13(5)4-3-10/h3-4H2,1-2H3,(H2,11,15)(H,12,16). The fourth-order valence-electron chi connectivity index (χ4n) is 1.53. The molecule has 1 aromatic heterocycles. The van der Waals surface area contributed by atoms with Crippen LogP contribution in [0.5, 0.6) is 0 Å². The summed E-state index contributed by atoms with van der Waals surface area (Å²) >= 11 is 5.56. The number of ether oxygens (including phenoxy) is 1. The minimum Gasteiger partial charge on any atom is -0.452 e. The van der Waals surface area contributed by atoms with Gasteiger partial charge in [-0.2, -0.15) is 4.68 Å². The van der Waals surface area contributed by atoms with Crippen LogP contribution in [-0.2, 0) is 11.3 Å². The molecule has 2 amide bonds. The fraction of sp³-hybridized carbons (Fsp3) is 0.444. The molecule has 18 heavy (non-hydrogen) atoms. The molecule has 0 aromatic carbocycles. The van der Waals surface area contributed by atoms with E-state index < -0.39 is 17.7 Å². The molecule has 0 atom stereocenters. The van der Waals surface area contributed by atoms with E-state index in [1.807, 2.05) is 0 Å². The average molecular weight is 277 g/mol. The Hall–Kier alpha value is -1.96. The van der Waals surface area contributed by atoms with Crippen LogP contribution in [0.1, 0.15) is 16.2 Å². The molecule has 0 saturated heterocycles. The summed E-state index contributed by atoms with van der Waals surface area (Å²) in [6.45, 7) is 1.73. The normalized spacial score (nSPS) is 10.2. The molecule has 100 valence electrons. The monoisotopic (exact) mass is 276 g/mol. The van der Waals surface area contributed by atoms with Gasteiger partial charge < -0.3 is 10.5 Å². The highest BCUT2D eigenvalue weighted by Crippen LogP contribution is 2.05. The minimum absolute atomic E-state index is 0.115. The summed E-state index contributed by atoms with van der Waals surface area (Å²) in [4.78, 5) is 34.4. The first-order valence-electron chi connectivity index (χ1n) is 4.96. The van der Waals surface area contributed by atoms with Crippen molar-refractivity contribution >= 4 is 23.6 Å². The fourth-order valence-corrected chi connectivity index (χ4v) is 1.70. The van der Waals surface area contributed by atoms with Crippen molar-refractivity contribution in [1.29, 1.82) is 0 Å². The molecule has 1 aromatic rings. The zero-order valence-electron chi connectivity index (χ0n) is 9.90. The maximum atomic E-state index is 11.9. The Bertz CT molecular complexity index is 533. The Labute approximate surface area is 107 Å². The maximum Gasteiger partial charge on any atom is 0.426 e. The number of carbonyl (C=O) groups is 2. The van der Waals surface area contributed by atoms with Gasteiger partial charge in [0.05, 0.1) is 12.8 Å². The first kappa shape index (κ1) is 14.1. The highest BCUT2D eigenvalue weighted by molar-refractivity contribution is 6.17. The van der Waals surface area contributed by atoms with E-state index in [0.717, 1.165) is 11.8 Å². The predicted octanol–water partition coefficient (Wildman–Crippen LogP) is -0.394. The third kappa shape index (κ3) is 2.48. The third-order valence-corrected chi connectivity index (χ3v) is 2.49. The Kier molecular flexibility index (Phi) is 4.38. The summed E-state index contributed by atoms with van der Waals surface area (Å²) in [5.41, 5.74) is 6.87. The van der Waals surface area contributed by atoms with Crippen LogP contribution >= 0.6 is 11.6 Å². The Morgan fingerprint density at radius 1 is 1.50 bits per heavy atom. The number of hydrogen-bond donors (Lipinski definition) is 2. The number of nitrogens with zero attached hydrogens (tertiary/aromatic N) is 2. The van der Waals surface area contributed by atoms with Gasteiger partial charge in [-0.3, -0.25) is 9.36 Å². The number of rotatable bonds is 4. The molecule has 0 spiro atoms. The first-order valence-corrected chi connectivity index (χ1v) is 5.50. The molecular formula is C9H13ClN4O4. The van der Waals surface area contributed by atoms with Crippen molar-refractivity contribution < 1.29 is 14.3 Å². The van der Waals surface area contributed by atoms with Gasteiger partial charge in [0.2, 0.25) is 0 Å². The lowest BCUT2D eigenvalue weighted by Crippen LogP contribution is -2.37. The lowest BCUT2D eigenvalue weighted by atomic mass is 10.3. The Morgan fingerprint density at radius 2 is 2.11 bits per heavy atom. The van der Waals surface area contributed by atoms with Crippen LogP contribution in [0.3, 0.4) is 0 Å². The molecule has 0 aliphatic rings. The van der Waals surface area contributed by atoms with Gasteiger partial charge in [0.25, 0.3) is 5.91 Å². The Morgan fingerprint density at radius 3 is 2.56 bits per heavy atom. The third-order valence-electron chi connectivity index (χ3n) is 2.32. The highest BCUT2D eigenvalue weighted by atomic mass is 35.5. The lowest BCUT2D eigenvalue weighted by molar-refractivity contribution is 0.0992. The second kappa shape index (κ2) is 5.58. The van der Waals surface area contributed by atoms with Crippen molar-refractivity contribution in [2.75, 3.05) is 18.4 Å². The van der Waals surface area contributed by atoms with Crippen LogP contribution in [0.15, 0.2) is 4.79 Å². The van der Waals surface area contributed by atoms with Crippen molar-refractivity contribution in [3.8, 4) is 0 Å². The van der Waals surface area contributed by atoms with E-state index in [1.54, 1.807) is 0 Å². The van der Waals surface area contributed by atoms with Crippen molar-refractivity contribution in [2.45, 2.75) is 13.5 Å². The molecule has 0 saturated carbocycles. The van der Waals surface area contributed by atoms with Crippen LogP contribution in [0.2, 0.25) is 0 Å². The highest BCUT2D eigenvalue weighted by Gasteiger charge is 2.22. The number of nitrogens with two attached hydrogens (primary N) is 1. The number of primary amides is 1. The number of alkyl halides is 1. The second-order valence-electron chi connectivity index (χ2n) is 3.36. The number of hydrogen-bond acceptors (Lipinski definition) is 4. The zero-order valence-corrected chi connectivity index (χ0v) is 10.7. The molecule has 0 aliphatic carbocycles. The molecule has 0 unspecified atom stereocenters. The molecular weight excluding hydrogens is 264 g/mol. The van der Waals surface area contributed by atoms with Gasteiger partial charge >= 0.3 is 11.8 Å². The van der Waals surface area contributed by atoms with Gasteiger partial charge in [0.15, 0.2) is 5.69 Å². The summed E-state index contributed by atoms with van der Waals surface area (Å²) in [6, 6.07) is 0. The van der Waals surface area contributed by atoms with E-state index in [9.17, 15) is 14.4 Å².